The molecular formula is C17H28N2O2. The number of methoxy groups -OCH3 is 2. The van der Waals surface area contributed by atoms with E-state index in [1.165, 1.54) is 12.8 Å². The summed E-state index contributed by atoms with van der Waals surface area (Å²) in [5.41, 5.74) is 7.66. The molecule has 0 spiro atoms. The predicted molar refractivity (Wildman–Crippen MR) is 86.0 cm³/mol. The predicted octanol–water partition coefficient (Wildman–Crippen LogP) is 2.97. The zero-order valence-corrected chi connectivity index (χ0v) is 13.5. The van der Waals surface area contributed by atoms with Crippen molar-refractivity contribution in [1.29, 1.82) is 0 Å². The molecule has 0 radical (unpaired) electrons. The Bertz CT molecular complexity index is 450. The van der Waals surface area contributed by atoms with Crippen LogP contribution < -0.4 is 15.2 Å². The molecule has 1 heterocycles. The van der Waals surface area contributed by atoms with Crippen LogP contribution in [0.15, 0.2) is 18.2 Å². The second kappa shape index (κ2) is 7.66. The number of rotatable bonds is 5. The number of nitrogens with two attached hydrogens (primary N) is 1. The Labute approximate surface area is 128 Å². The van der Waals surface area contributed by atoms with Crippen LogP contribution in [0.25, 0.3) is 0 Å². The van der Waals surface area contributed by atoms with Crippen molar-refractivity contribution in [3.05, 3.63) is 23.8 Å². The Morgan fingerprint density at radius 1 is 1.24 bits per heavy atom. The van der Waals surface area contributed by atoms with Gasteiger partial charge in [-0.05, 0) is 50.6 Å². The fourth-order valence-corrected chi connectivity index (χ4v) is 3.30. The number of nitrogens with zero attached hydrogens (tertiary/aromatic N) is 1. The summed E-state index contributed by atoms with van der Waals surface area (Å²) in [6.07, 6.45) is 4.61. The van der Waals surface area contributed by atoms with Crippen LogP contribution in [0.5, 0.6) is 11.5 Å². The van der Waals surface area contributed by atoms with Crippen molar-refractivity contribution in [1.82, 2.24) is 4.90 Å². The molecule has 1 fully saturated rings. The van der Waals surface area contributed by atoms with Crippen molar-refractivity contribution in [3.8, 4) is 11.5 Å². The summed E-state index contributed by atoms with van der Waals surface area (Å²) in [7, 11) is 3.42. The summed E-state index contributed by atoms with van der Waals surface area (Å²) < 4.78 is 11.0. The van der Waals surface area contributed by atoms with E-state index in [0.29, 0.717) is 0 Å². The second-order valence-electron chi connectivity index (χ2n) is 5.75. The number of hydrogen-bond acceptors (Lipinski definition) is 4. The van der Waals surface area contributed by atoms with Gasteiger partial charge in [0.05, 0.1) is 20.3 Å². The Kier molecular flexibility index (Phi) is 5.88. The van der Waals surface area contributed by atoms with Gasteiger partial charge in [0.25, 0.3) is 0 Å². The highest BCUT2D eigenvalue weighted by Gasteiger charge is 2.30. The number of likely N-dealkylation sites (tertiary alicyclic amines) is 1. The SMILES string of the molecule is CCCN1CCCCC(N)C1c1cc(OC)ccc1OC. The van der Waals surface area contributed by atoms with E-state index in [1.807, 2.05) is 12.1 Å². The molecule has 1 saturated heterocycles. The molecule has 4 nitrogen and oxygen atoms in total. The molecule has 21 heavy (non-hydrogen) atoms. The van der Waals surface area contributed by atoms with Crippen LogP contribution in [0.2, 0.25) is 0 Å². The van der Waals surface area contributed by atoms with E-state index in [9.17, 15) is 0 Å². The molecule has 1 aromatic rings. The molecule has 1 aliphatic rings. The first-order chi connectivity index (χ1) is 10.2. The van der Waals surface area contributed by atoms with Gasteiger partial charge in [0, 0.05) is 11.6 Å². The summed E-state index contributed by atoms with van der Waals surface area (Å²) in [5, 5.41) is 0. The Balaban J connectivity index is 2.42. The first-order valence-corrected chi connectivity index (χ1v) is 7.92. The summed E-state index contributed by atoms with van der Waals surface area (Å²) in [6.45, 7) is 4.39. The molecular weight excluding hydrogens is 264 g/mol. The van der Waals surface area contributed by atoms with Gasteiger partial charge < -0.3 is 15.2 Å². The van der Waals surface area contributed by atoms with Crippen LogP contribution in [0.1, 0.15) is 44.2 Å². The minimum absolute atomic E-state index is 0.139. The molecule has 2 N–H and O–H groups in total. The Hall–Kier alpha value is -1.26. The molecule has 4 heteroatoms. The van der Waals surface area contributed by atoms with Gasteiger partial charge in [-0.25, -0.2) is 0 Å². The molecule has 2 atom stereocenters. The quantitative estimate of drug-likeness (QED) is 0.906. The van der Waals surface area contributed by atoms with E-state index >= 15 is 0 Å². The summed E-state index contributed by atoms with van der Waals surface area (Å²) in [4.78, 5) is 2.51. The normalized spacial score (nSPS) is 23.6. The summed E-state index contributed by atoms with van der Waals surface area (Å²) in [6, 6.07) is 6.35. The van der Waals surface area contributed by atoms with Gasteiger partial charge in [-0.15, -0.1) is 0 Å². The van der Waals surface area contributed by atoms with E-state index in [-0.39, 0.29) is 12.1 Å². The van der Waals surface area contributed by atoms with Crippen LogP contribution in [0, 0.1) is 0 Å². The van der Waals surface area contributed by atoms with Gasteiger partial charge in [-0.3, -0.25) is 4.90 Å². The summed E-state index contributed by atoms with van der Waals surface area (Å²) in [5.74, 6) is 1.76. The lowest BCUT2D eigenvalue weighted by molar-refractivity contribution is 0.181. The maximum Gasteiger partial charge on any atom is 0.123 e. The van der Waals surface area contributed by atoms with Crippen molar-refractivity contribution in [2.75, 3.05) is 27.3 Å². The van der Waals surface area contributed by atoms with Crippen molar-refractivity contribution >= 4 is 0 Å². The lowest BCUT2D eigenvalue weighted by Gasteiger charge is -2.34. The molecule has 0 aliphatic carbocycles. The lowest BCUT2D eigenvalue weighted by atomic mass is 9.95. The number of ether oxygens (including phenoxy) is 2. The van der Waals surface area contributed by atoms with Gasteiger partial charge in [0.15, 0.2) is 0 Å². The third kappa shape index (κ3) is 3.69. The van der Waals surface area contributed by atoms with Crippen molar-refractivity contribution < 1.29 is 9.47 Å². The third-order valence-electron chi connectivity index (χ3n) is 4.30. The summed E-state index contributed by atoms with van der Waals surface area (Å²) >= 11 is 0. The highest BCUT2D eigenvalue weighted by molar-refractivity contribution is 5.43. The average Bonchev–Trinajstić information content (AvgIpc) is 2.68. The van der Waals surface area contributed by atoms with Gasteiger partial charge in [0.2, 0.25) is 0 Å². The van der Waals surface area contributed by atoms with Gasteiger partial charge in [0.1, 0.15) is 11.5 Å². The molecule has 1 aromatic carbocycles. The van der Waals surface area contributed by atoms with E-state index in [2.05, 4.69) is 17.9 Å². The zero-order chi connectivity index (χ0) is 15.2. The van der Waals surface area contributed by atoms with Gasteiger partial charge in [-0.2, -0.15) is 0 Å². The minimum atomic E-state index is 0.139. The molecule has 1 aliphatic heterocycles. The maximum absolute atomic E-state index is 6.51. The first kappa shape index (κ1) is 16.1. The molecule has 2 unspecified atom stereocenters. The smallest absolute Gasteiger partial charge is 0.123 e. The lowest BCUT2D eigenvalue weighted by Crippen LogP contribution is -2.40. The van der Waals surface area contributed by atoms with E-state index in [1.54, 1.807) is 14.2 Å². The molecule has 0 saturated carbocycles. The Morgan fingerprint density at radius 3 is 2.71 bits per heavy atom. The fraction of sp³-hybridized carbons (Fsp3) is 0.647. The van der Waals surface area contributed by atoms with E-state index in [4.69, 9.17) is 15.2 Å². The molecule has 2 rings (SSSR count). The molecule has 0 amide bonds. The third-order valence-corrected chi connectivity index (χ3v) is 4.30. The Morgan fingerprint density at radius 2 is 2.05 bits per heavy atom. The van der Waals surface area contributed by atoms with Crippen LogP contribution in [-0.2, 0) is 0 Å². The van der Waals surface area contributed by atoms with Crippen molar-refractivity contribution in [3.63, 3.8) is 0 Å². The zero-order valence-electron chi connectivity index (χ0n) is 13.5. The second-order valence-corrected chi connectivity index (χ2v) is 5.75. The standard InChI is InChI=1S/C17H28N2O2/c1-4-10-19-11-6-5-7-15(18)17(19)14-12-13(20-2)8-9-16(14)21-3/h8-9,12,15,17H,4-7,10-11,18H2,1-3H3. The largest absolute Gasteiger partial charge is 0.497 e. The molecule has 0 aromatic heterocycles. The fourth-order valence-electron chi connectivity index (χ4n) is 3.30. The van der Waals surface area contributed by atoms with Crippen molar-refractivity contribution in [2.45, 2.75) is 44.7 Å². The monoisotopic (exact) mass is 292 g/mol. The van der Waals surface area contributed by atoms with Gasteiger partial charge in [-0.1, -0.05) is 13.3 Å². The number of hydrogen-bond donors (Lipinski definition) is 1. The topological polar surface area (TPSA) is 47.7 Å². The minimum Gasteiger partial charge on any atom is -0.497 e. The highest BCUT2D eigenvalue weighted by atomic mass is 16.5. The van der Waals surface area contributed by atoms with Crippen molar-refractivity contribution in [2.24, 2.45) is 5.73 Å². The average molecular weight is 292 g/mol. The van der Waals surface area contributed by atoms with Crippen LogP contribution in [-0.4, -0.2) is 38.3 Å². The molecule has 118 valence electrons. The van der Waals surface area contributed by atoms with E-state index < -0.39 is 0 Å². The number of benzene rings is 1. The van der Waals surface area contributed by atoms with Crippen LogP contribution in [0.4, 0.5) is 0 Å². The van der Waals surface area contributed by atoms with Crippen LogP contribution in [0.3, 0.4) is 0 Å². The highest BCUT2D eigenvalue weighted by Crippen LogP contribution is 2.37. The molecule has 0 bridgehead atoms. The van der Waals surface area contributed by atoms with Gasteiger partial charge >= 0.3 is 0 Å². The maximum atomic E-state index is 6.51. The van der Waals surface area contributed by atoms with E-state index in [0.717, 1.165) is 43.0 Å². The first-order valence-electron chi connectivity index (χ1n) is 7.92. The van der Waals surface area contributed by atoms with Crippen LogP contribution >= 0.6 is 0 Å².